The molecule has 0 fully saturated rings. The first kappa shape index (κ1) is 27.6. The topological polar surface area (TPSA) is 83.9 Å². The highest BCUT2D eigenvalue weighted by molar-refractivity contribution is 6.32. The number of nitrogens with one attached hydrogen (secondary N) is 1. The normalized spacial score (nSPS) is 17.4. The van der Waals surface area contributed by atoms with Crippen LogP contribution in [0.1, 0.15) is 48.1 Å². The lowest BCUT2D eigenvalue weighted by Gasteiger charge is -2.38. The number of phenols is 1. The number of phenolic OH excluding ortho intramolecular Hbond substituents is 1. The monoisotopic (exact) mass is 585 g/mol. The zero-order chi connectivity index (χ0) is 29.6. The number of pyridine rings is 1. The van der Waals surface area contributed by atoms with Crippen molar-refractivity contribution in [3.63, 3.8) is 0 Å². The third-order valence-corrected chi connectivity index (χ3v) is 7.60. The fraction of sp³-hybridized carbons (Fsp3) is 0.212. The zero-order valence-electron chi connectivity index (χ0n) is 23.3. The molecule has 214 valence electrons. The number of para-hydroxylation sites is 2. The van der Waals surface area contributed by atoms with Crippen molar-refractivity contribution in [3.8, 4) is 17.2 Å². The number of fused-ring (bicyclic) bond motifs is 1. The van der Waals surface area contributed by atoms with Crippen LogP contribution < -0.4 is 15.0 Å². The van der Waals surface area contributed by atoms with Gasteiger partial charge in [-0.15, -0.1) is 0 Å². The van der Waals surface area contributed by atoms with Crippen LogP contribution in [0.25, 0.3) is 0 Å². The second-order valence-corrected chi connectivity index (χ2v) is 11.6. The Labute approximate surface area is 248 Å². The van der Waals surface area contributed by atoms with Gasteiger partial charge in [0, 0.05) is 22.7 Å². The number of aryl methyl sites for hydroxylation is 1. The number of ether oxygens (including phenoxy) is 2. The largest absolute Gasteiger partial charge is 0.506 e. The van der Waals surface area contributed by atoms with Crippen LogP contribution in [0.4, 0.5) is 15.8 Å². The van der Waals surface area contributed by atoms with E-state index < -0.39 is 17.8 Å². The maximum atomic E-state index is 16.2. The smallest absolute Gasteiger partial charge is 0.277 e. The quantitative estimate of drug-likeness (QED) is 0.235. The molecule has 7 nitrogen and oxygen atoms in total. The fourth-order valence-corrected chi connectivity index (χ4v) is 5.51. The summed E-state index contributed by atoms with van der Waals surface area (Å²) in [7, 11) is 0. The third-order valence-electron chi connectivity index (χ3n) is 7.29. The molecule has 0 saturated heterocycles. The molecule has 2 N–H and O–H groups in total. The van der Waals surface area contributed by atoms with E-state index in [1.54, 1.807) is 73.7 Å². The van der Waals surface area contributed by atoms with Crippen molar-refractivity contribution in [2.45, 2.75) is 33.2 Å². The number of carbonyl (C=O) groups is 1. The Morgan fingerprint density at radius 1 is 1.12 bits per heavy atom. The van der Waals surface area contributed by atoms with Gasteiger partial charge < -0.3 is 19.9 Å². The predicted octanol–water partition coefficient (Wildman–Crippen LogP) is 8.15. The fourth-order valence-electron chi connectivity index (χ4n) is 5.33. The van der Waals surface area contributed by atoms with Gasteiger partial charge in [-0.2, -0.15) is 0 Å². The molecule has 0 spiro atoms. The maximum absolute atomic E-state index is 16.2. The number of nitrogens with zero attached hydrogens (tertiary/aromatic N) is 2. The van der Waals surface area contributed by atoms with Gasteiger partial charge in [-0.3, -0.25) is 9.69 Å². The number of hydrogen-bond acceptors (Lipinski definition) is 6. The van der Waals surface area contributed by atoms with E-state index >= 15 is 4.39 Å². The van der Waals surface area contributed by atoms with Gasteiger partial charge in [0.2, 0.25) is 0 Å². The summed E-state index contributed by atoms with van der Waals surface area (Å²) in [6.07, 6.45) is 0.548. The van der Waals surface area contributed by atoms with Crippen LogP contribution in [0.2, 0.25) is 5.02 Å². The summed E-state index contributed by atoms with van der Waals surface area (Å²) in [4.78, 5) is 20.2. The third kappa shape index (κ3) is 5.14. The Morgan fingerprint density at radius 3 is 2.67 bits per heavy atom. The van der Waals surface area contributed by atoms with Crippen LogP contribution in [0.3, 0.4) is 0 Å². The Kier molecular flexibility index (Phi) is 7.02. The standard InChI is InChI=1S/C33H29ClFN3O4/c1-19-8-6-10-24(36-19)32(40)38-26-11-7-12-27(39)29(26)37-25-17-33(2,3)18-41-31(25)30(38)21-15-14-20(16-23(21)35)42-28-13-5-4-9-22(28)34/h4-16,30,37,39H,17-18H2,1-3H3. The Hall–Kier alpha value is -4.56. The number of halogens is 2. The minimum Gasteiger partial charge on any atom is -0.506 e. The number of allylic oxidation sites excluding steroid dienone is 1. The molecule has 0 aliphatic carbocycles. The summed E-state index contributed by atoms with van der Waals surface area (Å²) in [5, 5.41) is 14.7. The lowest BCUT2D eigenvalue weighted by molar-refractivity contribution is 0.0756. The second-order valence-electron chi connectivity index (χ2n) is 11.2. The van der Waals surface area contributed by atoms with Crippen molar-refractivity contribution >= 4 is 28.9 Å². The molecule has 0 saturated carbocycles. The predicted molar refractivity (Wildman–Crippen MR) is 160 cm³/mol. The van der Waals surface area contributed by atoms with Crippen molar-refractivity contribution < 1.29 is 23.8 Å². The van der Waals surface area contributed by atoms with Crippen molar-refractivity contribution in [1.82, 2.24) is 4.98 Å². The van der Waals surface area contributed by atoms with E-state index in [0.29, 0.717) is 52.3 Å². The van der Waals surface area contributed by atoms with Gasteiger partial charge in [0.15, 0.2) is 0 Å². The second kappa shape index (κ2) is 10.7. The van der Waals surface area contributed by atoms with E-state index in [2.05, 4.69) is 24.1 Å². The minimum atomic E-state index is -1.02. The van der Waals surface area contributed by atoms with Crippen LogP contribution in [0, 0.1) is 18.2 Å². The van der Waals surface area contributed by atoms with E-state index in [1.165, 1.54) is 17.0 Å². The summed E-state index contributed by atoms with van der Waals surface area (Å²) in [5.74, 6) is -0.113. The minimum absolute atomic E-state index is 0.0534. The number of hydrogen-bond donors (Lipinski definition) is 2. The molecular weight excluding hydrogens is 557 g/mol. The lowest BCUT2D eigenvalue weighted by Crippen LogP contribution is -2.39. The van der Waals surface area contributed by atoms with Gasteiger partial charge in [-0.05, 0) is 61.9 Å². The van der Waals surface area contributed by atoms with Crippen molar-refractivity contribution in [2.24, 2.45) is 5.41 Å². The van der Waals surface area contributed by atoms with Gasteiger partial charge in [-0.1, -0.05) is 49.7 Å². The Bertz CT molecular complexity index is 1740. The summed E-state index contributed by atoms with van der Waals surface area (Å²) < 4.78 is 28.5. The molecular formula is C33H29ClFN3O4. The zero-order valence-corrected chi connectivity index (χ0v) is 24.1. The van der Waals surface area contributed by atoms with Crippen molar-refractivity contribution in [1.29, 1.82) is 0 Å². The number of amides is 1. The first-order valence-electron chi connectivity index (χ1n) is 13.6. The van der Waals surface area contributed by atoms with Crippen molar-refractivity contribution in [3.05, 3.63) is 118 Å². The van der Waals surface area contributed by atoms with Gasteiger partial charge in [-0.25, -0.2) is 9.37 Å². The molecule has 1 aromatic heterocycles. The molecule has 4 aromatic rings. The molecule has 3 heterocycles. The summed E-state index contributed by atoms with van der Waals surface area (Å²) in [6, 6.07) is 20.4. The van der Waals surface area contributed by atoms with Crippen LogP contribution in [0.5, 0.6) is 17.2 Å². The molecule has 2 aliphatic rings. The average molecular weight is 586 g/mol. The molecule has 1 atom stereocenters. The highest BCUT2D eigenvalue weighted by Crippen LogP contribution is 2.50. The van der Waals surface area contributed by atoms with E-state index in [4.69, 9.17) is 21.1 Å². The molecule has 6 rings (SSSR count). The molecule has 1 amide bonds. The molecule has 0 radical (unpaired) electrons. The number of carbonyl (C=O) groups excluding carboxylic acids is 1. The number of rotatable bonds is 4. The van der Waals surface area contributed by atoms with E-state index in [0.717, 1.165) is 0 Å². The van der Waals surface area contributed by atoms with Gasteiger partial charge in [0.1, 0.15) is 46.2 Å². The van der Waals surface area contributed by atoms with Crippen molar-refractivity contribution in [2.75, 3.05) is 16.8 Å². The van der Waals surface area contributed by atoms with Crippen LogP contribution in [0.15, 0.2) is 90.3 Å². The number of benzene rings is 3. The van der Waals surface area contributed by atoms with Gasteiger partial charge in [0.25, 0.3) is 5.91 Å². The molecule has 9 heteroatoms. The molecule has 0 bridgehead atoms. The van der Waals surface area contributed by atoms with Crippen LogP contribution >= 0.6 is 11.6 Å². The first-order valence-corrected chi connectivity index (χ1v) is 13.9. The number of aromatic nitrogens is 1. The highest BCUT2D eigenvalue weighted by atomic mass is 35.5. The van der Waals surface area contributed by atoms with E-state index in [-0.39, 0.29) is 28.2 Å². The SMILES string of the molecule is Cc1cccc(C(=O)N2c3cccc(O)c3NC3=C(OCC(C)(C)C3)C2c2ccc(Oc3ccccc3Cl)cc2F)n1. The highest BCUT2D eigenvalue weighted by Gasteiger charge is 2.43. The molecule has 2 aliphatic heterocycles. The summed E-state index contributed by atoms with van der Waals surface area (Å²) in [5.41, 5.74) is 2.12. The summed E-state index contributed by atoms with van der Waals surface area (Å²) in [6.45, 7) is 6.27. The van der Waals surface area contributed by atoms with Gasteiger partial charge in [0.05, 0.1) is 23.0 Å². The first-order chi connectivity index (χ1) is 20.1. The molecule has 3 aromatic carbocycles. The van der Waals surface area contributed by atoms with Crippen LogP contribution in [-0.4, -0.2) is 22.6 Å². The molecule has 42 heavy (non-hydrogen) atoms. The maximum Gasteiger partial charge on any atom is 0.277 e. The average Bonchev–Trinajstić information content (AvgIpc) is 3.08. The van der Waals surface area contributed by atoms with E-state index in [9.17, 15) is 9.90 Å². The Balaban J connectivity index is 1.54. The van der Waals surface area contributed by atoms with Gasteiger partial charge >= 0.3 is 0 Å². The van der Waals surface area contributed by atoms with E-state index in [1.807, 2.05) is 0 Å². The number of aromatic hydroxyl groups is 1. The summed E-state index contributed by atoms with van der Waals surface area (Å²) >= 11 is 6.25. The molecule has 1 unspecified atom stereocenters. The lowest BCUT2D eigenvalue weighted by atomic mass is 9.85. The number of anilines is 2. The van der Waals surface area contributed by atoms with Crippen LogP contribution in [-0.2, 0) is 4.74 Å². The Morgan fingerprint density at radius 2 is 1.90 bits per heavy atom.